The lowest BCUT2D eigenvalue weighted by Gasteiger charge is -2.00. The quantitative estimate of drug-likeness (QED) is 0.827. The van der Waals surface area contributed by atoms with Gasteiger partial charge in [0.1, 0.15) is 5.82 Å². The minimum absolute atomic E-state index is 0.274. The lowest BCUT2D eigenvalue weighted by Crippen LogP contribution is -2.16. The van der Waals surface area contributed by atoms with Gasteiger partial charge in [0.2, 0.25) is 0 Å². The van der Waals surface area contributed by atoms with Crippen LogP contribution in [0.25, 0.3) is 11.3 Å². The first-order chi connectivity index (χ1) is 8.70. The normalized spacial score (nSPS) is 10.8. The van der Waals surface area contributed by atoms with Crippen molar-refractivity contribution >= 4 is 0 Å². The molecular weight excluding hydrogens is 231 g/mol. The summed E-state index contributed by atoms with van der Waals surface area (Å²) < 4.78 is 19.3. The lowest BCUT2D eigenvalue weighted by atomic mass is 10.1. The summed E-state index contributed by atoms with van der Waals surface area (Å²) in [6.07, 6.45) is 2.29. The molecule has 0 radical (unpaired) electrons. The number of halogens is 1. The lowest BCUT2D eigenvalue weighted by molar-refractivity contribution is 0.494. The Morgan fingerprint density at radius 2 is 2.22 bits per heavy atom. The molecule has 4 heteroatoms. The van der Waals surface area contributed by atoms with Gasteiger partial charge in [-0.2, -0.15) is 0 Å². The van der Waals surface area contributed by atoms with Gasteiger partial charge < -0.3 is 9.73 Å². The monoisotopic (exact) mass is 248 g/mol. The number of oxazole rings is 1. The van der Waals surface area contributed by atoms with Crippen molar-refractivity contribution in [3.63, 3.8) is 0 Å². The maximum atomic E-state index is 13.8. The molecule has 1 N–H and O–H groups in total. The van der Waals surface area contributed by atoms with Crippen molar-refractivity contribution in [2.45, 2.75) is 20.3 Å². The predicted molar refractivity (Wildman–Crippen MR) is 68.9 cm³/mol. The van der Waals surface area contributed by atoms with Gasteiger partial charge in [0.25, 0.3) is 0 Å². The van der Waals surface area contributed by atoms with Crippen LogP contribution in [0.15, 0.2) is 28.8 Å². The predicted octanol–water partition coefficient (Wildman–Crippen LogP) is 2.94. The van der Waals surface area contributed by atoms with Crippen molar-refractivity contribution in [2.75, 3.05) is 13.1 Å². The molecule has 18 heavy (non-hydrogen) atoms. The first kappa shape index (κ1) is 12.8. The number of nitrogens with one attached hydrogen (secondary N) is 1. The molecule has 0 spiro atoms. The van der Waals surface area contributed by atoms with Crippen LogP contribution in [0.5, 0.6) is 0 Å². The molecule has 1 aromatic heterocycles. The fourth-order valence-electron chi connectivity index (χ4n) is 1.74. The fraction of sp³-hybridized carbons (Fsp3) is 0.357. The van der Waals surface area contributed by atoms with Gasteiger partial charge in [0, 0.05) is 13.0 Å². The minimum atomic E-state index is -0.274. The topological polar surface area (TPSA) is 38.1 Å². The van der Waals surface area contributed by atoms with Crippen molar-refractivity contribution in [1.82, 2.24) is 10.3 Å². The van der Waals surface area contributed by atoms with Crippen molar-refractivity contribution < 1.29 is 8.81 Å². The Balaban J connectivity index is 2.13. The smallest absolute Gasteiger partial charge is 0.196 e. The second-order valence-corrected chi connectivity index (χ2v) is 4.21. The second-order valence-electron chi connectivity index (χ2n) is 4.21. The van der Waals surface area contributed by atoms with E-state index in [9.17, 15) is 4.39 Å². The third-order valence-corrected chi connectivity index (χ3v) is 2.71. The Hall–Kier alpha value is -1.68. The summed E-state index contributed by atoms with van der Waals surface area (Å²) in [6.45, 7) is 5.63. The number of benzene rings is 1. The Morgan fingerprint density at radius 3 is 2.94 bits per heavy atom. The van der Waals surface area contributed by atoms with Crippen LogP contribution in [-0.4, -0.2) is 18.1 Å². The van der Waals surface area contributed by atoms with E-state index in [-0.39, 0.29) is 5.82 Å². The largest absolute Gasteiger partial charge is 0.441 e. The molecule has 2 rings (SSSR count). The summed E-state index contributed by atoms with van der Waals surface area (Å²) in [5.74, 6) is 0.842. The maximum absolute atomic E-state index is 13.8. The molecule has 1 heterocycles. The van der Waals surface area contributed by atoms with Gasteiger partial charge in [0.05, 0.1) is 11.8 Å². The zero-order valence-corrected chi connectivity index (χ0v) is 10.7. The number of aromatic nitrogens is 1. The number of nitrogens with zero attached hydrogens (tertiary/aromatic N) is 1. The molecule has 1 aromatic carbocycles. The van der Waals surface area contributed by atoms with Crippen molar-refractivity contribution in [2.24, 2.45) is 0 Å². The summed E-state index contributed by atoms with van der Waals surface area (Å²) >= 11 is 0. The Bertz CT molecular complexity index is 522. The molecule has 0 aliphatic rings. The summed E-state index contributed by atoms with van der Waals surface area (Å²) in [5.41, 5.74) is 1.35. The van der Waals surface area contributed by atoms with E-state index in [1.54, 1.807) is 12.3 Å². The van der Waals surface area contributed by atoms with Gasteiger partial charge in [-0.3, -0.25) is 0 Å². The SMILES string of the molecule is CCNCCc1ncc(-c2ccc(C)cc2F)o1. The molecule has 0 saturated carbocycles. The highest BCUT2D eigenvalue weighted by atomic mass is 19.1. The van der Waals surface area contributed by atoms with Crippen LogP contribution in [-0.2, 0) is 6.42 Å². The molecule has 96 valence electrons. The van der Waals surface area contributed by atoms with Crippen LogP contribution in [0.2, 0.25) is 0 Å². The number of hydrogen-bond acceptors (Lipinski definition) is 3. The van der Waals surface area contributed by atoms with Crippen LogP contribution in [0.4, 0.5) is 4.39 Å². The minimum Gasteiger partial charge on any atom is -0.441 e. The van der Waals surface area contributed by atoms with E-state index >= 15 is 0 Å². The van der Waals surface area contributed by atoms with Gasteiger partial charge in [-0.05, 0) is 31.2 Å². The standard InChI is InChI=1S/C14H17FN2O/c1-3-16-7-6-14-17-9-13(18-14)11-5-4-10(2)8-12(11)15/h4-5,8-9,16H,3,6-7H2,1-2H3. The third kappa shape index (κ3) is 2.96. The van der Waals surface area contributed by atoms with Crippen LogP contribution >= 0.6 is 0 Å². The van der Waals surface area contributed by atoms with Crippen molar-refractivity contribution in [3.05, 3.63) is 41.7 Å². The average molecular weight is 248 g/mol. The molecule has 0 bridgehead atoms. The highest BCUT2D eigenvalue weighted by molar-refractivity contribution is 5.57. The Kier molecular flexibility index (Phi) is 4.10. The van der Waals surface area contributed by atoms with Crippen LogP contribution in [0, 0.1) is 12.7 Å². The number of hydrogen-bond donors (Lipinski definition) is 1. The molecule has 0 atom stereocenters. The van der Waals surface area contributed by atoms with E-state index in [0.29, 0.717) is 23.6 Å². The zero-order chi connectivity index (χ0) is 13.0. The molecular formula is C14H17FN2O. The molecule has 0 aliphatic heterocycles. The van der Waals surface area contributed by atoms with E-state index in [1.807, 2.05) is 19.9 Å². The van der Waals surface area contributed by atoms with E-state index in [4.69, 9.17) is 4.42 Å². The second kappa shape index (κ2) is 5.78. The molecule has 3 nitrogen and oxygen atoms in total. The van der Waals surface area contributed by atoms with Crippen molar-refractivity contribution in [1.29, 1.82) is 0 Å². The van der Waals surface area contributed by atoms with E-state index in [0.717, 1.165) is 18.7 Å². The zero-order valence-electron chi connectivity index (χ0n) is 10.7. The first-order valence-electron chi connectivity index (χ1n) is 6.12. The molecule has 0 saturated heterocycles. The van der Waals surface area contributed by atoms with Gasteiger partial charge in [-0.15, -0.1) is 0 Å². The molecule has 2 aromatic rings. The average Bonchev–Trinajstić information content (AvgIpc) is 2.78. The van der Waals surface area contributed by atoms with Gasteiger partial charge >= 0.3 is 0 Å². The summed E-state index contributed by atoms with van der Waals surface area (Å²) in [4.78, 5) is 4.15. The third-order valence-electron chi connectivity index (χ3n) is 2.71. The van der Waals surface area contributed by atoms with Crippen LogP contribution < -0.4 is 5.32 Å². The molecule has 0 amide bonds. The molecule has 0 aliphatic carbocycles. The highest BCUT2D eigenvalue weighted by Gasteiger charge is 2.10. The van der Waals surface area contributed by atoms with Gasteiger partial charge in [0.15, 0.2) is 11.7 Å². The van der Waals surface area contributed by atoms with Crippen LogP contribution in [0.3, 0.4) is 0 Å². The first-order valence-corrected chi connectivity index (χ1v) is 6.12. The fourth-order valence-corrected chi connectivity index (χ4v) is 1.74. The van der Waals surface area contributed by atoms with E-state index in [1.165, 1.54) is 6.07 Å². The number of rotatable bonds is 5. The summed E-state index contributed by atoms with van der Waals surface area (Å²) in [7, 11) is 0. The molecule has 0 unspecified atom stereocenters. The number of likely N-dealkylation sites (N-methyl/N-ethyl adjacent to an activating group) is 1. The summed E-state index contributed by atoms with van der Waals surface area (Å²) in [5, 5.41) is 3.19. The highest BCUT2D eigenvalue weighted by Crippen LogP contribution is 2.24. The maximum Gasteiger partial charge on any atom is 0.196 e. The van der Waals surface area contributed by atoms with E-state index in [2.05, 4.69) is 10.3 Å². The Morgan fingerprint density at radius 1 is 1.39 bits per heavy atom. The van der Waals surface area contributed by atoms with Gasteiger partial charge in [-0.1, -0.05) is 13.0 Å². The van der Waals surface area contributed by atoms with Gasteiger partial charge in [-0.25, -0.2) is 9.37 Å². The van der Waals surface area contributed by atoms with E-state index < -0.39 is 0 Å². The van der Waals surface area contributed by atoms with Crippen molar-refractivity contribution in [3.8, 4) is 11.3 Å². The van der Waals surface area contributed by atoms with Crippen LogP contribution in [0.1, 0.15) is 18.4 Å². The molecule has 0 fully saturated rings. The number of aryl methyl sites for hydroxylation is 1. The summed E-state index contributed by atoms with van der Waals surface area (Å²) in [6, 6.07) is 5.08. The Labute approximate surface area is 106 Å².